The second kappa shape index (κ2) is 8.41. The molecule has 1 aromatic rings. The number of carbonyl (C=O) groups excluding carboxylic acids is 2. The number of anilines is 1. The van der Waals surface area contributed by atoms with E-state index in [1.165, 1.54) is 23.3 Å². The summed E-state index contributed by atoms with van der Waals surface area (Å²) < 4.78 is 43.8. The molecule has 156 valence electrons. The number of ether oxygens (including phenoxy) is 1. The van der Waals surface area contributed by atoms with E-state index in [1.807, 2.05) is 0 Å². The van der Waals surface area contributed by atoms with Gasteiger partial charge in [0.2, 0.25) is 5.91 Å². The number of carbonyl (C=O) groups is 2. The van der Waals surface area contributed by atoms with Gasteiger partial charge in [0.05, 0.1) is 25.1 Å². The number of esters is 1. The third kappa shape index (κ3) is 4.68. The lowest BCUT2D eigenvalue weighted by molar-refractivity contribution is -0.186. The van der Waals surface area contributed by atoms with Gasteiger partial charge in [-0.3, -0.25) is 9.69 Å². The molecule has 0 spiro atoms. The number of likely N-dealkylation sites (tertiary alicyclic amines) is 1. The Bertz CT molecular complexity index is 748. The highest BCUT2D eigenvalue weighted by Gasteiger charge is 2.42. The summed E-state index contributed by atoms with van der Waals surface area (Å²) in [6, 6.07) is 0. The Morgan fingerprint density at radius 1 is 1.32 bits per heavy atom. The molecular weight excluding hydrogens is 393 g/mol. The fourth-order valence-corrected chi connectivity index (χ4v) is 5.41. The Balaban J connectivity index is 1.71. The lowest BCUT2D eigenvalue weighted by Gasteiger charge is -2.33. The van der Waals surface area contributed by atoms with Crippen LogP contribution in [0.25, 0.3) is 0 Å². The highest BCUT2D eigenvalue weighted by molar-refractivity contribution is 7.17. The Hall–Kier alpha value is -1.61. The molecular formula is C19H25F3N2O3S. The van der Waals surface area contributed by atoms with Gasteiger partial charge in [-0.2, -0.15) is 13.2 Å². The van der Waals surface area contributed by atoms with E-state index in [4.69, 9.17) is 4.74 Å². The SMILES string of the molecule is COC(=O)c1c(NC(=O)CN2CCCC(C(F)(F)F)C2)sc2c1CCC(C)C2. The zero-order valence-corrected chi connectivity index (χ0v) is 16.8. The van der Waals surface area contributed by atoms with Crippen LogP contribution < -0.4 is 5.32 Å². The predicted molar refractivity (Wildman–Crippen MR) is 101 cm³/mol. The van der Waals surface area contributed by atoms with Gasteiger partial charge < -0.3 is 10.1 Å². The van der Waals surface area contributed by atoms with Crippen molar-refractivity contribution >= 4 is 28.2 Å². The monoisotopic (exact) mass is 418 g/mol. The number of nitrogens with zero attached hydrogens (tertiary/aromatic N) is 1. The summed E-state index contributed by atoms with van der Waals surface area (Å²) in [6.45, 7) is 2.32. The number of methoxy groups -OCH3 is 1. The highest BCUT2D eigenvalue weighted by atomic mass is 32.1. The van der Waals surface area contributed by atoms with Gasteiger partial charge in [-0.25, -0.2) is 4.79 Å². The molecule has 2 atom stereocenters. The third-order valence-electron chi connectivity index (χ3n) is 5.49. The number of thiophene rings is 1. The maximum atomic E-state index is 13.0. The van der Waals surface area contributed by atoms with Crippen LogP contribution in [0, 0.1) is 11.8 Å². The first-order valence-electron chi connectivity index (χ1n) is 9.50. The molecule has 1 aromatic heterocycles. The van der Waals surface area contributed by atoms with Crippen LogP contribution >= 0.6 is 11.3 Å². The maximum absolute atomic E-state index is 13.0. The fraction of sp³-hybridized carbons (Fsp3) is 0.684. The average molecular weight is 418 g/mol. The van der Waals surface area contributed by atoms with E-state index in [1.54, 1.807) is 0 Å². The number of halogens is 3. The van der Waals surface area contributed by atoms with E-state index in [0.29, 0.717) is 29.4 Å². The predicted octanol–water partition coefficient (Wildman–Crippen LogP) is 3.87. The van der Waals surface area contributed by atoms with Crippen molar-refractivity contribution in [2.45, 2.75) is 45.2 Å². The van der Waals surface area contributed by atoms with Crippen molar-refractivity contribution < 1.29 is 27.5 Å². The highest BCUT2D eigenvalue weighted by Crippen LogP contribution is 2.40. The van der Waals surface area contributed by atoms with Crippen molar-refractivity contribution in [3.8, 4) is 0 Å². The molecule has 1 saturated heterocycles. The summed E-state index contributed by atoms with van der Waals surface area (Å²) in [5, 5.41) is 3.20. The minimum absolute atomic E-state index is 0.101. The summed E-state index contributed by atoms with van der Waals surface area (Å²) in [4.78, 5) is 27.4. The van der Waals surface area contributed by atoms with Crippen LogP contribution in [0.1, 0.15) is 47.0 Å². The van der Waals surface area contributed by atoms with Gasteiger partial charge in [0.25, 0.3) is 0 Å². The zero-order chi connectivity index (χ0) is 20.5. The van der Waals surface area contributed by atoms with E-state index in [0.717, 1.165) is 29.7 Å². The number of fused-ring (bicyclic) bond motifs is 1. The van der Waals surface area contributed by atoms with Crippen molar-refractivity contribution in [1.29, 1.82) is 0 Å². The first kappa shape index (κ1) is 21.1. The zero-order valence-electron chi connectivity index (χ0n) is 16.0. The van der Waals surface area contributed by atoms with Crippen LogP contribution in [0.4, 0.5) is 18.2 Å². The van der Waals surface area contributed by atoms with E-state index in [9.17, 15) is 22.8 Å². The van der Waals surface area contributed by atoms with Crippen LogP contribution in [-0.2, 0) is 22.4 Å². The van der Waals surface area contributed by atoms with Gasteiger partial charge in [0.1, 0.15) is 5.00 Å². The molecule has 3 rings (SSSR count). The maximum Gasteiger partial charge on any atom is 0.393 e. The lowest BCUT2D eigenvalue weighted by Crippen LogP contribution is -2.44. The van der Waals surface area contributed by atoms with Crippen LogP contribution in [-0.4, -0.2) is 49.7 Å². The second-order valence-electron chi connectivity index (χ2n) is 7.71. The lowest BCUT2D eigenvalue weighted by atomic mass is 9.88. The average Bonchev–Trinajstić information content (AvgIpc) is 2.97. The molecule has 0 aromatic carbocycles. The summed E-state index contributed by atoms with van der Waals surface area (Å²) in [7, 11) is 1.30. The molecule has 0 radical (unpaired) electrons. The number of piperidine rings is 1. The number of hydrogen-bond acceptors (Lipinski definition) is 5. The summed E-state index contributed by atoms with van der Waals surface area (Å²) in [5.74, 6) is -1.78. The third-order valence-corrected chi connectivity index (χ3v) is 6.66. The molecule has 2 unspecified atom stereocenters. The molecule has 1 fully saturated rings. The van der Waals surface area contributed by atoms with Crippen molar-refractivity contribution in [2.24, 2.45) is 11.8 Å². The Morgan fingerprint density at radius 2 is 2.07 bits per heavy atom. The number of hydrogen-bond donors (Lipinski definition) is 1. The molecule has 1 amide bonds. The summed E-state index contributed by atoms with van der Waals surface area (Å²) >= 11 is 1.37. The number of alkyl halides is 3. The summed E-state index contributed by atoms with van der Waals surface area (Å²) in [5.41, 5.74) is 1.33. The minimum atomic E-state index is -4.24. The molecule has 0 bridgehead atoms. The first-order chi connectivity index (χ1) is 13.2. The van der Waals surface area contributed by atoms with Crippen molar-refractivity contribution in [1.82, 2.24) is 4.90 Å². The normalized spacial score (nSPS) is 23.2. The molecule has 0 saturated carbocycles. The van der Waals surface area contributed by atoms with Gasteiger partial charge >= 0.3 is 12.1 Å². The Kier molecular flexibility index (Phi) is 6.34. The van der Waals surface area contributed by atoms with Gasteiger partial charge in [0, 0.05) is 11.4 Å². The van der Waals surface area contributed by atoms with Crippen LogP contribution in [0.3, 0.4) is 0 Å². The molecule has 1 aliphatic heterocycles. The number of nitrogens with one attached hydrogen (secondary N) is 1. The topological polar surface area (TPSA) is 58.6 Å². The smallest absolute Gasteiger partial charge is 0.393 e. The molecule has 1 N–H and O–H groups in total. The Morgan fingerprint density at radius 3 is 2.75 bits per heavy atom. The van der Waals surface area contributed by atoms with E-state index < -0.39 is 24.0 Å². The second-order valence-corrected chi connectivity index (χ2v) is 8.82. The quantitative estimate of drug-likeness (QED) is 0.754. The molecule has 2 aliphatic rings. The fourth-order valence-electron chi connectivity index (χ4n) is 3.99. The van der Waals surface area contributed by atoms with Crippen LogP contribution in [0.15, 0.2) is 0 Å². The molecule has 28 heavy (non-hydrogen) atoms. The number of rotatable bonds is 4. The largest absolute Gasteiger partial charge is 0.465 e. The van der Waals surface area contributed by atoms with Crippen molar-refractivity contribution in [3.63, 3.8) is 0 Å². The van der Waals surface area contributed by atoms with Crippen LogP contribution in [0.2, 0.25) is 0 Å². The molecule has 9 heteroatoms. The van der Waals surface area contributed by atoms with Crippen molar-refractivity contribution in [3.05, 3.63) is 16.0 Å². The standard InChI is InChI=1S/C19H25F3N2O3S/c1-11-5-6-13-14(8-11)28-17(16(13)18(26)27-2)23-15(25)10-24-7-3-4-12(9-24)19(20,21)22/h11-12H,3-10H2,1-2H3,(H,23,25). The van der Waals surface area contributed by atoms with Crippen molar-refractivity contribution in [2.75, 3.05) is 32.1 Å². The Labute approximate surface area is 166 Å². The molecule has 2 heterocycles. The van der Waals surface area contributed by atoms with Gasteiger partial charge in [0.15, 0.2) is 0 Å². The van der Waals surface area contributed by atoms with Gasteiger partial charge in [-0.15, -0.1) is 11.3 Å². The first-order valence-corrected chi connectivity index (χ1v) is 10.3. The van der Waals surface area contributed by atoms with Crippen LogP contribution in [0.5, 0.6) is 0 Å². The molecule has 5 nitrogen and oxygen atoms in total. The van der Waals surface area contributed by atoms with E-state index in [-0.39, 0.29) is 19.5 Å². The van der Waals surface area contributed by atoms with E-state index in [2.05, 4.69) is 12.2 Å². The van der Waals surface area contributed by atoms with Gasteiger partial charge in [-0.05, 0) is 50.1 Å². The summed E-state index contributed by atoms with van der Waals surface area (Å²) in [6.07, 6.45) is -1.16. The number of amides is 1. The van der Waals surface area contributed by atoms with E-state index >= 15 is 0 Å². The molecule has 1 aliphatic carbocycles. The van der Waals surface area contributed by atoms with Gasteiger partial charge in [-0.1, -0.05) is 6.92 Å². The minimum Gasteiger partial charge on any atom is -0.465 e.